The van der Waals surface area contributed by atoms with Gasteiger partial charge in [-0.2, -0.15) is 9.61 Å². The van der Waals surface area contributed by atoms with Gasteiger partial charge in [-0.15, -0.1) is 10.2 Å². The predicted octanol–water partition coefficient (Wildman–Crippen LogP) is 1.82. The fourth-order valence-electron chi connectivity index (χ4n) is 3.41. The lowest BCUT2D eigenvalue weighted by atomic mass is 10.1. The normalized spacial score (nSPS) is 17.4. The zero-order chi connectivity index (χ0) is 18.9. The predicted molar refractivity (Wildman–Crippen MR) is 104 cm³/mol. The highest BCUT2D eigenvalue weighted by Crippen LogP contribution is 2.24. The Hall–Kier alpha value is -3.62. The fraction of sp³-hybridized carbons (Fsp3) is 0.263. The molecule has 1 aliphatic heterocycles. The topological polar surface area (TPSA) is 110 Å². The van der Waals surface area contributed by atoms with Crippen molar-refractivity contribution < 1.29 is 4.79 Å². The van der Waals surface area contributed by atoms with Crippen molar-refractivity contribution in [3.8, 4) is 11.5 Å². The Morgan fingerprint density at radius 2 is 2.04 bits per heavy atom. The van der Waals surface area contributed by atoms with Crippen LogP contribution >= 0.6 is 0 Å². The van der Waals surface area contributed by atoms with Gasteiger partial charge < -0.3 is 10.6 Å². The van der Waals surface area contributed by atoms with E-state index in [-0.39, 0.29) is 11.9 Å². The maximum Gasteiger partial charge on any atom is 0.242 e. The zero-order valence-electron chi connectivity index (χ0n) is 15.0. The molecule has 1 saturated heterocycles. The van der Waals surface area contributed by atoms with E-state index >= 15 is 0 Å². The van der Waals surface area contributed by atoms with Crippen LogP contribution in [0.2, 0.25) is 0 Å². The first-order valence-electron chi connectivity index (χ1n) is 9.27. The maximum atomic E-state index is 12.4. The van der Waals surface area contributed by atoms with Crippen LogP contribution in [0.3, 0.4) is 0 Å². The van der Waals surface area contributed by atoms with Gasteiger partial charge in [-0.25, -0.2) is 9.97 Å². The van der Waals surface area contributed by atoms with Crippen LogP contribution in [0, 0.1) is 0 Å². The summed E-state index contributed by atoms with van der Waals surface area (Å²) in [6.45, 7) is 0.706. The number of amides is 1. The SMILES string of the molecule is O=C1NCCCC[C@H]1Nc1nc2ccccc2c2nc(-c3cccnn3)nn12. The smallest absolute Gasteiger partial charge is 0.242 e. The molecule has 9 nitrogen and oxygen atoms in total. The van der Waals surface area contributed by atoms with Gasteiger partial charge in [0.25, 0.3) is 0 Å². The second-order valence-corrected chi connectivity index (χ2v) is 6.72. The third kappa shape index (κ3) is 2.90. The number of rotatable bonds is 3. The summed E-state index contributed by atoms with van der Waals surface area (Å²) in [5.41, 5.74) is 2.01. The van der Waals surface area contributed by atoms with E-state index < -0.39 is 0 Å². The first-order valence-corrected chi connectivity index (χ1v) is 9.27. The van der Waals surface area contributed by atoms with E-state index in [0.29, 0.717) is 29.7 Å². The Morgan fingerprint density at radius 1 is 1.11 bits per heavy atom. The molecule has 1 aromatic carbocycles. The summed E-state index contributed by atoms with van der Waals surface area (Å²) in [4.78, 5) is 21.8. The van der Waals surface area contributed by atoms with Crippen LogP contribution < -0.4 is 10.6 Å². The number of fused-ring (bicyclic) bond motifs is 3. The van der Waals surface area contributed by atoms with Crippen molar-refractivity contribution in [1.82, 2.24) is 35.1 Å². The van der Waals surface area contributed by atoms with Crippen LogP contribution in [0.5, 0.6) is 0 Å². The average molecular weight is 374 g/mol. The number of nitrogens with zero attached hydrogens (tertiary/aromatic N) is 6. The van der Waals surface area contributed by atoms with Gasteiger partial charge in [-0.05, 0) is 43.5 Å². The number of anilines is 1. The van der Waals surface area contributed by atoms with Gasteiger partial charge in [0, 0.05) is 18.1 Å². The molecule has 0 bridgehead atoms. The molecule has 0 spiro atoms. The van der Waals surface area contributed by atoms with Crippen molar-refractivity contribution in [1.29, 1.82) is 0 Å². The minimum absolute atomic E-state index is 0.0186. The Bertz CT molecular complexity index is 1160. The second-order valence-electron chi connectivity index (χ2n) is 6.72. The summed E-state index contributed by atoms with van der Waals surface area (Å²) in [5.74, 6) is 0.924. The van der Waals surface area contributed by atoms with Gasteiger partial charge in [0.05, 0.1) is 5.52 Å². The first kappa shape index (κ1) is 16.5. The third-order valence-corrected chi connectivity index (χ3v) is 4.82. The second kappa shape index (κ2) is 6.84. The van der Waals surface area contributed by atoms with Gasteiger partial charge >= 0.3 is 0 Å². The third-order valence-electron chi connectivity index (χ3n) is 4.82. The fourth-order valence-corrected chi connectivity index (χ4v) is 3.41. The number of benzene rings is 1. The molecule has 3 aromatic heterocycles. The van der Waals surface area contributed by atoms with E-state index in [2.05, 4.69) is 30.9 Å². The van der Waals surface area contributed by atoms with Gasteiger partial charge in [-0.1, -0.05) is 12.1 Å². The van der Waals surface area contributed by atoms with Crippen LogP contribution in [-0.2, 0) is 4.79 Å². The highest BCUT2D eigenvalue weighted by atomic mass is 16.2. The molecule has 5 rings (SSSR count). The molecular weight excluding hydrogens is 356 g/mol. The lowest BCUT2D eigenvalue weighted by Crippen LogP contribution is -2.38. The van der Waals surface area contributed by atoms with Crippen molar-refractivity contribution in [2.24, 2.45) is 0 Å². The van der Waals surface area contributed by atoms with Gasteiger partial charge in [0.1, 0.15) is 11.7 Å². The first-order chi connectivity index (χ1) is 13.8. The Balaban J connectivity index is 1.66. The number of carbonyl (C=O) groups is 1. The lowest BCUT2D eigenvalue weighted by Gasteiger charge is -2.16. The van der Waals surface area contributed by atoms with Crippen LogP contribution in [0.4, 0.5) is 5.95 Å². The Kier molecular flexibility index (Phi) is 4.04. The van der Waals surface area contributed by atoms with Crippen molar-refractivity contribution in [3.05, 3.63) is 42.6 Å². The monoisotopic (exact) mass is 374 g/mol. The number of carbonyl (C=O) groups excluding carboxylic acids is 1. The van der Waals surface area contributed by atoms with E-state index in [4.69, 9.17) is 4.98 Å². The van der Waals surface area contributed by atoms with Gasteiger partial charge in [-0.3, -0.25) is 4.79 Å². The maximum absolute atomic E-state index is 12.4. The molecule has 0 unspecified atom stereocenters. The van der Waals surface area contributed by atoms with Crippen LogP contribution in [0.1, 0.15) is 19.3 Å². The summed E-state index contributed by atoms with van der Waals surface area (Å²) < 4.78 is 1.64. The molecule has 0 saturated carbocycles. The molecule has 4 aromatic rings. The quantitative estimate of drug-likeness (QED) is 0.563. The van der Waals surface area contributed by atoms with Crippen molar-refractivity contribution in [2.75, 3.05) is 11.9 Å². The molecule has 9 heteroatoms. The minimum Gasteiger partial charge on any atom is -0.354 e. The number of aromatic nitrogens is 6. The van der Waals surface area contributed by atoms with Crippen LogP contribution in [-0.4, -0.2) is 48.3 Å². The van der Waals surface area contributed by atoms with E-state index in [0.717, 1.165) is 30.2 Å². The van der Waals surface area contributed by atoms with Crippen LogP contribution in [0.25, 0.3) is 28.1 Å². The standard InChI is InChI=1S/C19H18N8O/c28-18-15(8-3-4-10-20-18)23-19-22-13-7-2-1-6-12(13)17-24-16(26-27(17)19)14-9-5-11-21-25-14/h1-2,5-7,9,11,15H,3-4,8,10H2,(H,20,28)(H,22,23)/t15-/m1/s1. The number of hydrogen-bond donors (Lipinski definition) is 2. The van der Waals surface area contributed by atoms with Crippen molar-refractivity contribution in [2.45, 2.75) is 25.3 Å². The summed E-state index contributed by atoms with van der Waals surface area (Å²) in [7, 11) is 0. The number of para-hydroxylation sites is 1. The van der Waals surface area contributed by atoms with E-state index in [1.54, 1.807) is 16.8 Å². The van der Waals surface area contributed by atoms with E-state index in [1.807, 2.05) is 30.3 Å². The molecule has 1 fully saturated rings. The number of hydrogen-bond acceptors (Lipinski definition) is 7. The minimum atomic E-state index is -0.358. The highest BCUT2D eigenvalue weighted by Gasteiger charge is 2.23. The van der Waals surface area contributed by atoms with Crippen molar-refractivity contribution >= 4 is 28.4 Å². The molecule has 0 aliphatic carbocycles. The molecule has 0 radical (unpaired) electrons. The highest BCUT2D eigenvalue weighted by molar-refractivity contribution is 5.93. The van der Waals surface area contributed by atoms with E-state index in [9.17, 15) is 4.79 Å². The van der Waals surface area contributed by atoms with Crippen LogP contribution in [0.15, 0.2) is 42.6 Å². The summed E-state index contributed by atoms with van der Waals surface area (Å²) >= 11 is 0. The molecule has 1 amide bonds. The summed E-state index contributed by atoms with van der Waals surface area (Å²) in [6, 6.07) is 11.0. The van der Waals surface area contributed by atoms with E-state index in [1.165, 1.54) is 0 Å². The molecule has 2 N–H and O–H groups in total. The summed E-state index contributed by atoms with van der Waals surface area (Å²) in [5, 5.41) is 19.7. The molecule has 140 valence electrons. The Labute approximate surface area is 160 Å². The largest absolute Gasteiger partial charge is 0.354 e. The molecule has 28 heavy (non-hydrogen) atoms. The zero-order valence-corrected chi connectivity index (χ0v) is 15.0. The molecule has 1 aliphatic rings. The Morgan fingerprint density at radius 3 is 2.93 bits per heavy atom. The molecular formula is C19H18N8O. The van der Waals surface area contributed by atoms with Gasteiger partial charge in [0.2, 0.25) is 17.7 Å². The lowest BCUT2D eigenvalue weighted by molar-refractivity contribution is -0.121. The average Bonchev–Trinajstić information content (AvgIpc) is 3.09. The van der Waals surface area contributed by atoms with Gasteiger partial charge in [0.15, 0.2) is 5.65 Å². The molecule has 4 heterocycles. The van der Waals surface area contributed by atoms with Crippen molar-refractivity contribution in [3.63, 3.8) is 0 Å². The summed E-state index contributed by atoms with van der Waals surface area (Å²) in [6.07, 6.45) is 4.29. The number of nitrogens with one attached hydrogen (secondary N) is 2. The molecule has 1 atom stereocenters.